The van der Waals surface area contributed by atoms with Crippen molar-refractivity contribution in [2.24, 2.45) is 0 Å². The molecule has 0 aliphatic carbocycles. The fourth-order valence-electron chi connectivity index (χ4n) is 2.22. The first kappa shape index (κ1) is 16.0. The predicted molar refractivity (Wildman–Crippen MR) is 86.9 cm³/mol. The summed E-state index contributed by atoms with van der Waals surface area (Å²) in [5, 5.41) is 0.714. The number of hydrogen-bond donors (Lipinski definition) is 1. The Balaban J connectivity index is 1.84. The molecular formula is C16H13F2NO2S2. The molecule has 3 rings (SSSR count). The van der Waals surface area contributed by atoms with Gasteiger partial charge in [0.25, 0.3) is 0 Å². The Labute approximate surface area is 136 Å². The van der Waals surface area contributed by atoms with Crippen molar-refractivity contribution >= 4 is 31.4 Å². The molecule has 1 heterocycles. The molecule has 1 N–H and O–H groups in total. The van der Waals surface area contributed by atoms with Gasteiger partial charge in [0.1, 0.15) is 16.5 Å². The minimum absolute atomic E-state index is 0.0245. The van der Waals surface area contributed by atoms with E-state index in [2.05, 4.69) is 4.72 Å². The van der Waals surface area contributed by atoms with E-state index < -0.39 is 15.8 Å². The van der Waals surface area contributed by atoms with Gasteiger partial charge in [0.2, 0.25) is 10.0 Å². The van der Waals surface area contributed by atoms with Crippen LogP contribution < -0.4 is 4.72 Å². The average molecular weight is 353 g/mol. The van der Waals surface area contributed by atoms with E-state index in [4.69, 9.17) is 0 Å². The Hall–Kier alpha value is -1.83. The lowest BCUT2D eigenvalue weighted by Crippen LogP contribution is -2.23. The summed E-state index contributed by atoms with van der Waals surface area (Å²) in [5.41, 5.74) is 0.657. The second-order valence-electron chi connectivity index (χ2n) is 5.15. The van der Waals surface area contributed by atoms with Crippen LogP contribution in [0.25, 0.3) is 10.1 Å². The number of fused-ring (bicyclic) bond motifs is 1. The van der Waals surface area contributed by atoms with Gasteiger partial charge in [-0.2, -0.15) is 0 Å². The number of aryl methyl sites for hydroxylation is 1. The van der Waals surface area contributed by atoms with E-state index in [0.717, 1.165) is 15.6 Å². The standard InChI is InChI=1S/C16H13F2NO2S2/c1-10-2-4-14(18)16(6-10)23(20,21)19-9-13-8-11-7-12(17)3-5-15(11)22-13/h2-8,19H,9H2,1H3. The van der Waals surface area contributed by atoms with Crippen LogP contribution >= 0.6 is 11.3 Å². The fraction of sp³-hybridized carbons (Fsp3) is 0.125. The van der Waals surface area contributed by atoms with Gasteiger partial charge in [-0.3, -0.25) is 0 Å². The number of thiophene rings is 1. The summed E-state index contributed by atoms with van der Waals surface area (Å²) in [4.78, 5) is 0.354. The fourth-order valence-corrected chi connectivity index (χ4v) is 4.46. The van der Waals surface area contributed by atoms with Crippen LogP contribution in [0.2, 0.25) is 0 Å². The van der Waals surface area contributed by atoms with Crippen molar-refractivity contribution in [3.05, 3.63) is 64.5 Å². The van der Waals surface area contributed by atoms with Gasteiger partial charge in [0, 0.05) is 16.1 Å². The van der Waals surface area contributed by atoms with E-state index in [9.17, 15) is 17.2 Å². The molecule has 0 aliphatic rings. The number of nitrogens with one attached hydrogen (secondary N) is 1. The molecular weight excluding hydrogens is 340 g/mol. The summed E-state index contributed by atoms with van der Waals surface area (Å²) in [7, 11) is -3.95. The molecule has 0 unspecified atom stereocenters. The maximum absolute atomic E-state index is 13.7. The number of halogens is 2. The lowest BCUT2D eigenvalue weighted by Gasteiger charge is -2.07. The molecule has 0 saturated carbocycles. The third-order valence-corrected chi connectivity index (χ3v) is 5.87. The van der Waals surface area contributed by atoms with Crippen LogP contribution in [0.5, 0.6) is 0 Å². The Morgan fingerprint density at radius 3 is 2.65 bits per heavy atom. The first-order valence-electron chi connectivity index (χ1n) is 6.79. The molecule has 3 nitrogen and oxygen atoms in total. The SMILES string of the molecule is Cc1ccc(F)c(S(=O)(=O)NCc2cc3cc(F)ccc3s2)c1. The monoisotopic (exact) mass is 353 g/mol. The Morgan fingerprint density at radius 2 is 1.87 bits per heavy atom. The minimum Gasteiger partial charge on any atom is -0.207 e. The van der Waals surface area contributed by atoms with Crippen LogP contribution in [-0.4, -0.2) is 8.42 Å². The van der Waals surface area contributed by atoms with Crippen molar-refractivity contribution in [3.8, 4) is 0 Å². The smallest absolute Gasteiger partial charge is 0.207 e. The minimum atomic E-state index is -3.95. The Bertz CT molecular complexity index is 981. The molecule has 0 amide bonds. The second-order valence-corrected chi connectivity index (χ2v) is 8.06. The zero-order chi connectivity index (χ0) is 16.6. The van der Waals surface area contributed by atoms with Crippen molar-refractivity contribution < 1.29 is 17.2 Å². The van der Waals surface area contributed by atoms with Crippen LogP contribution in [0.4, 0.5) is 8.78 Å². The van der Waals surface area contributed by atoms with Crippen LogP contribution in [-0.2, 0) is 16.6 Å². The predicted octanol–water partition coefficient (Wildman–Crippen LogP) is 3.97. The van der Waals surface area contributed by atoms with Crippen molar-refractivity contribution in [2.45, 2.75) is 18.4 Å². The molecule has 0 atom stereocenters. The molecule has 3 aromatic rings. The summed E-state index contributed by atoms with van der Waals surface area (Å²) in [6.45, 7) is 1.72. The van der Waals surface area contributed by atoms with Crippen molar-refractivity contribution in [1.29, 1.82) is 0 Å². The Morgan fingerprint density at radius 1 is 1.09 bits per heavy atom. The molecule has 1 aromatic heterocycles. The summed E-state index contributed by atoms with van der Waals surface area (Å²) < 4.78 is 54.7. The summed E-state index contributed by atoms with van der Waals surface area (Å²) in [5.74, 6) is -1.13. The van der Waals surface area contributed by atoms with Gasteiger partial charge < -0.3 is 0 Å². The van der Waals surface area contributed by atoms with Gasteiger partial charge in [-0.25, -0.2) is 21.9 Å². The van der Waals surface area contributed by atoms with Gasteiger partial charge in [0.15, 0.2) is 0 Å². The van der Waals surface area contributed by atoms with E-state index in [1.807, 2.05) is 0 Å². The second kappa shape index (κ2) is 5.99. The van der Waals surface area contributed by atoms with Gasteiger partial charge in [-0.1, -0.05) is 6.07 Å². The zero-order valence-corrected chi connectivity index (χ0v) is 13.8. The van der Waals surface area contributed by atoms with E-state index in [1.54, 1.807) is 19.1 Å². The van der Waals surface area contributed by atoms with Gasteiger partial charge in [-0.15, -0.1) is 11.3 Å². The highest BCUT2D eigenvalue weighted by molar-refractivity contribution is 7.89. The first-order valence-corrected chi connectivity index (χ1v) is 9.09. The van der Waals surface area contributed by atoms with Gasteiger partial charge >= 0.3 is 0 Å². The molecule has 0 saturated heterocycles. The first-order chi connectivity index (χ1) is 10.8. The highest BCUT2D eigenvalue weighted by Crippen LogP contribution is 2.26. The quantitative estimate of drug-likeness (QED) is 0.771. The number of hydrogen-bond acceptors (Lipinski definition) is 3. The molecule has 7 heteroatoms. The van der Waals surface area contributed by atoms with E-state index in [1.165, 1.54) is 35.6 Å². The maximum Gasteiger partial charge on any atom is 0.243 e. The molecule has 120 valence electrons. The van der Waals surface area contributed by atoms with Crippen LogP contribution in [0.3, 0.4) is 0 Å². The van der Waals surface area contributed by atoms with E-state index >= 15 is 0 Å². The zero-order valence-electron chi connectivity index (χ0n) is 12.1. The molecule has 0 bridgehead atoms. The summed E-state index contributed by atoms with van der Waals surface area (Å²) in [6, 6.07) is 10.0. The molecule has 0 radical (unpaired) electrons. The lowest BCUT2D eigenvalue weighted by molar-refractivity contribution is 0.556. The third kappa shape index (κ3) is 3.41. The molecule has 0 spiro atoms. The van der Waals surface area contributed by atoms with Crippen molar-refractivity contribution in [1.82, 2.24) is 4.72 Å². The van der Waals surface area contributed by atoms with E-state index in [-0.39, 0.29) is 17.3 Å². The number of sulfonamides is 1. The van der Waals surface area contributed by atoms with Gasteiger partial charge in [0.05, 0.1) is 0 Å². The normalized spacial score (nSPS) is 12.0. The molecule has 23 heavy (non-hydrogen) atoms. The van der Waals surface area contributed by atoms with Crippen molar-refractivity contribution in [3.63, 3.8) is 0 Å². The van der Waals surface area contributed by atoms with E-state index in [0.29, 0.717) is 10.9 Å². The summed E-state index contributed by atoms with van der Waals surface area (Å²) >= 11 is 1.36. The highest BCUT2D eigenvalue weighted by atomic mass is 32.2. The number of rotatable bonds is 4. The van der Waals surface area contributed by atoms with Crippen LogP contribution in [0.15, 0.2) is 47.4 Å². The van der Waals surface area contributed by atoms with Crippen LogP contribution in [0, 0.1) is 18.6 Å². The molecule has 2 aromatic carbocycles. The maximum atomic E-state index is 13.7. The number of benzene rings is 2. The third-order valence-electron chi connectivity index (χ3n) is 3.34. The van der Waals surface area contributed by atoms with Crippen molar-refractivity contribution in [2.75, 3.05) is 0 Å². The Kier molecular flexibility index (Phi) is 4.18. The molecule has 0 fully saturated rings. The average Bonchev–Trinajstić information content (AvgIpc) is 2.89. The summed E-state index contributed by atoms with van der Waals surface area (Å²) in [6.07, 6.45) is 0. The lowest BCUT2D eigenvalue weighted by atomic mass is 10.2. The van der Waals surface area contributed by atoms with Gasteiger partial charge in [-0.05, 0) is 54.3 Å². The molecule has 0 aliphatic heterocycles. The largest absolute Gasteiger partial charge is 0.243 e. The topological polar surface area (TPSA) is 46.2 Å². The highest BCUT2D eigenvalue weighted by Gasteiger charge is 2.19. The van der Waals surface area contributed by atoms with Crippen LogP contribution in [0.1, 0.15) is 10.4 Å².